The third kappa shape index (κ3) is 1.88. The molecule has 0 spiro atoms. The lowest BCUT2D eigenvalue weighted by molar-refractivity contribution is 0.601. The van der Waals surface area contributed by atoms with Crippen LogP contribution < -0.4 is 11.3 Å². The van der Waals surface area contributed by atoms with Crippen LogP contribution >= 0.6 is 0 Å². The molecule has 1 atom stereocenters. The summed E-state index contributed by atoms with van der Waals surface area (Å²) in [5.74, 6) is 6.15. The number of aromatic amines is 1. The van der Waals surface area contributed by atoms with Gasteiger partial charge in [0.05, 0.1) is 6.20 Å². The molecule has 2 aromatic heterocycles. The predicted octanol–water partition coefficient (Wildman–Crippen LogP) is -0.426. The summed E-state index contributed by atoms with van der Waals surface area (Å²) < 4.78 is 1.83. The molecule has 0 aliphatic carbocycles. The summed E-state index contributed by atoms with van der Waals surface area (Å²) >= 11 is 0. The van der Waals surface area contributed by atoms with Crippen LogP contribution in [0.3, 0.4) is 0 Å². The zero-order chi connectivity index (χ0) is 10.7. The molecule has 2 heterocycles. The molecule has 1 unspecified atom stereocenters. The van der Waals surface area contributed by atoms with Gasteiger partial charge in [0.15, 0.2) is 0 Å². The highest BCUT2D eigenvalue weighted by atomic mass is 15.3. The number of hydrogen-bond donors (Lipinski definition) is 3. The average Bonchev–Trinajstić information content (AvgIpc) is 2.89. The topological polar surface area (TPSA) is 97.4 Å². The first kappa shape index (κ1) is 9.81. The van der Waals surface area contributed by atoms with E-state index in [9.17, 15) is 0 Å². The number of hydrazine groups is 1. The average molecular weight is 207 g/mol. The second-order valence-corrected chi connectivity index (χ2v) is 3.10. The maximum atomic E-state index is 5.47. The normalized spacial score (nSPS) is 12.9. The summed E-state index contributed by atoms with van der Waals surface area (Å²) in [6.45, 7) is 2.85. The first-order chi connectivity index (χ1) is 7.35. The van der Waals surface area contributed by atoms with Gasteiger partial charge in [-0.25, -0.2) is 10.4 Å². The van der Waals surface area contributed by atoms with Crippen molar-refractivity contribution in [3.63, 3.8) is 0 Å². The van der Waals surface area contributed by atoms with E-state index in [1.54, 1.807) is 6.20 Å². The number of nitrogens with one attached hydrogen (secondary N) is 2. The van der Waals surface area contributed by atoms with Crippen molar-refractivity contribution in [2.45, 2.75) is 19.5 Å². The Bertz CT molecular complexity index is 404. The molecule has 0 amide bonds. The van der Waals surface area contributed by atoms with Gasteiger partial charge in [-0.1, -0.05) is 0 Å². The molecule has 0 bridgehead atoms. The summed E-state index contributed by atoms with van der Waals surface area (Å²) in [5.41, 5.74) is 3.63. The third-order valence-corrected chi connectivity index (χ3v) is 2.18. The third-order valence-electron chi connectivity index (χ3n) is 2.18. The Kier molecular flexibility index (Phi) is 2.75. The zero-order valence-corrected chi connectivity index (χ0v) is 8.38. The monoisotopic (exact) mass is 207 g/mol. The van der Waals surface area contributed by atoms with Crippen LogP contribution in [0, 0.1) is 0 Å². The van der Waals surface area contributed by atoms with Crippen molar-refractivity contribution in [3.05, 3.63) is 30.1 Å². The molecule has 7 nitrogen and oxygen atoms in total. The molecule has 0 saturated heterocycles. The molecule has 80 valence electrons. The molecule has 0 aliphatic heterocycles. The van der Waals surface area contributed by atoms with Crippen molar-refractivity contribution in [2.24, 2.45) is 5.84 Å². The number of nitrogens with zero attached hydrogens (tertiary/aromatic N) is 4. The van der Waals surface area contributed by atoms with Gasteiger partial charge < -0.3 is 0 Å². The molecule has 0 aliphatic rings. The Morgan fingerprint density at radius 3 is 3.07 bits per heavy atom. The largest absolute Gasteiger partial charge is 0.273 e. The zero-order valence-electron chi connectivity index (χ0n) is 8.38. The second-order valence-electron chi connectivity index (χ2n) is 3.10. The Balaban J connectivity index is 2.27. The standard InChI is InChI=1S/C8H13N7/c1-2-15-4-6(3-12-15)7(13-9)8-10-5-11-14-8/h3-5,7,13H,2,9H2,1H3,(H,10,11,14). The maximum Gasteiger partial charge on any atom is 0.147 e. The van der Waals surface area contributed by atoms with Gasteiger partial charge >= 0.3 is 0 Å². The fraction of sp³-hybridized carbons (Fsp3) is 0.375. The van der Waals surface area contributed by atoms with Crippen LogP contribution in [-0.2, 0) is 6.54 Å². The second kappa shape index (κ2) is 4.20. The van der Waals surface area contributed by atoms with Gasteiger partial charge in [0.2, 0.25) is 0 Å². The molecule has 7 heteroatoms. The lowest BCUT2D eigenvalue weighted by Gasteiger charge is -2.09. The summed E-state index contributed by atoms with van der Waals surface area (Å²) in [5, 5.41) is 10.7. The van der Waals surface area contributed by atoms with E-state index >= 15 is 0 Å². The SMILES string of the molecule is CCn1cc(C(NN)c2ncn[nH]2)cn1. The van der Waals surface area contributed by atoms with Gasteiger partial charge in [0.25, 0.3) is 0 Å². The fourth-order valence-corrected chi connectivity index (χ4v) is 1.39. The minimum absolute atomic E-state index is 0.201. The lowest BCUT2D eigenvalue weighted by Crippen LogP contribution is -2.29. The highest BCUT2D eigenvalue weighted by Crippen LogP contribution is 2.16. The molecule has 2 aromatic rings. The van der Waals surface area contributed by atoms with Gasteiger partial charge in [-0.05, 0) is 6.92 Å². The minimum Gasteiger partial charge on any atom is -0.273 e. The van der Waals surface area contributed by atoms with Crippen molar-refractivity contribution >= 4 is 0 Å². The van der Waals surface area contributed by atoms with Crippen LogP contribution in [0.4, 0.5) is 0 Å². The first-order valence-corrected chi connectivity index (χ1v) is 4.69. The molecule has 0 radical (unpaired) electrons. The van der Waals surface area contributed by atoms with E-state index in [4.69, 9.17) is 5.84 Å². The number of aryl methyl sites for hydroxylation is 1. The number of aromatic nitrogens is 5. The smallest absolute Gasteiger partial charge is 0.147 e. The summed E-state index contributed by atoms with van der Waals surface area (Å²) in [4.78, 5) is 4.05. The van der Waals surface area contributed by atoms with Crippen molar-refractivity contribution in [1.29, 1.82) is 0 Å². The quantitative estimate of drug-likeness (QED) is 0.467. The van der Waals surface area contributed by atoms with Crippen LogP contribution in [0.5, 0.6) is 0 Å². The van der Waals surface area contributed by atoms with E-state index in [2.05, 4.69) is 25.7 Å². The van der Waals surface area contributed by atoms with Gasteiger partial charge in [-0.15, -0.1) is 0 Å². The Morgan fingerprint density at radius 2 is 2.53 bits per heavy atom. The van der Waals surface area contributed by atoms with Crippen molar-refractivity contribution < 1.29 is 0 Å². The van der Waals surface area contributed by atoms with Gasteiger partial charge in [0.1, 0.15) is 18.2 Å². The van der Waals surface area contributed by atoms with E-state index in [0.717, 1.165) is 12.1 Å². The highest BCUT2D eigenvalue weighted by molar-refractivity contribution is 5.18. The van der Waals surface area contributed by atoms with Crippen LogP contribution in [0.2, 0.25) is 0 Å². The van der Waals surface area contributed by atoms with Crippen LogP contribution in [0.1, 0.15) is 24.4 Å². The van der Waals surface area contributed by atoms with E-state index in [1.807, 2.05) is 17.8 Å². The van der Waals surface area contributed by atoms with Crippen LogP contribution in [-0.4, -0.2) is 25.0 Å². The maximum absolute atomic E-state index is 5.47. The highest BCUT2D eigenvalue weighted by Gasteiger charge is 2.16. The summed E-state index contributed by atoms with van der Waals surface area (Å²) in [7, 11) is 0. The summed E-state index contributed by atoms with van der Waals surface area (Å²) in [6, 6.07) is -0.201. The first-order valence-electron chi connectivity index (χ1n) is 4.69. The molecule has 15 heavy (non-hydrogen) atoms. The minimum atomic E-state index is -0.201. The van der Waals surface area contributed by atoms with Gasteiger partial charge in [0, 0.05) is 18.3 Å². The van der Waals surface area contributed by atoms with E-state index < -0.39 is 0 Å². The number of nitrogens with two attached hydrogens (primary N) is 1. The molecule has 0 fully saturated rings. The fourth-order valence-electron chi connectivity index (χ4n) is 1.39. The molecular formula is C8H13N7. The molecule has 0 aromatic carbocycles. The van der Waals surface area contributed by atoms with E-state index in [0.29, 0.717) is 5.82 Å². The van der Waals surface area contributed by atoms with E-state index in [-0.39, 0.29) is 6.04 Å². The predicted molar refractivity (Wildman–Crippen MR) is 53.4 cm³/mol. The summed E-state index contributed by atoms with van der Waals surface area (Å²) in [6.07, 6.45) is 5.13. The molecule has 2 rings (SSSR count). The Morgan fingerprint density at radius 1 is 1.67 bits per heavy atom. The van der Waals surface area contributed by atoms with Crippen LogP contribution in [0.25, 0.3) is 0 Å². The van der Waals surface area contributed by atoms with E-state index in [1.165, 1.54) is 6.33 Å². The van der Waals surface area contributed by atoms with Crippen molar-refractivity contribution in [3.8, 4) is 0 Å². The number of hydrogen-bond acceptors (Lipinski definition) is 5. The molecule has 4 N–H and O–H groups in total. The molecule has 0 saturated carbocycles. The number of rotatable bonds is 4. The van der Waals surface area contributed by atoms with Gasteiger partial charge in [-0.3, -0.25) is 15.6 Å². The van der Waals surface area contributed by atoms with Crippen molar-refractivity contribution in [2.75, 3.05) is 0 Å². The Labute approximate surface area is 86.7 Å². The van der Waals surface area contributed by atoms with Crippen molar-refractivity contribution in [1.82, 2.24) is 30.4 Å². The number of H-pyrrole nitrogens is 1. The van der Waals surface area contributed by atoms with Crippen LogP contribution in [0.15, 0.2) is 18.7 Å². The Hall–Kier alpha value is -1.73. The lowest BCUT2D eigenvalue weighted by atomic mass is 10.1. The molecular weight excluding hydrogens is 194 g/mol. The van der Waals surface area contributed by atoms with Gasteiger partial charge in [-0.2, -0.15) is 10.2 Å².